The molecule has 106 valence electrons. The number of hydrogen-bond donors (Lipinski definition) is 2. The van der Waals surface area contributed by atoms with Gasteiger partial charge in [0, 0.05) is 26.0 Å². The lowest BCUT2D eigenvalue weighted by atomic mass is 10.3. The lowest BCUT2D eigenvalue weighted by molar-refractivity contribution is 0.0775. The quantitative estimate of drug-likeness (QED) is 0.829. The molecular weight excluding hydrogens is 256 g/mol. The van der Waals surface area contributed by atoms with Crippen molar-refractivity contribution in [3.8, 4) is 0 Å². The van der Waals surface area contributed by atoms with Crippen LogP contribution in [0.15, 0.2) is 24.8 Å². The minimum Gasteiger partial charge on any atom is -0.369 e. The summed E-state index contributed by atoms with van der Waals surface area (Å²) < 4.78 is 0. The molecule has 2 N–H and O–H groups in total. The van der Waals surface area contributed by atoms with Crippen molar-refractivity contribution in [2.75, 3.05) is 18.9 Å². The Morgan fingerprint density at radius 2 is 2.20 bits per heavy atom. The Labute approximate surface area is 117 Å². The van der Waals surface area contributed by atoms with Gasteiger partial charge in [-0.2, -0.15) is 0 Å². The molecule has 0 aliphatic rings. The first-order valence-electron chi connectivity index (χ1n) is 6.50. The molecule has 0 unspecified atom stereocenters. The molecule has 0 aliphatic heterocycles. The first kappa shape index (κ1) is 14.0. The molecule has 0 saturated carbocycles. The molecule has 0 aromatic carbocycles. The van der Waals surface area contributed by atoms with Crippen LogP contribution in [0.1, 0.15) is 29.7 Å². The number of amides is 1. The first-order valence-corrected chi connectivity index (χ1v) is 6.50. The van der Waals surface area contributed by atoms with Crippen molar-refractivity contribution in [3.05, 3.63) is 36.3 Å². The second-order valence-electron chi connectivity index (χ2n) is 4.41. The van der Waals surface area contributed by atoms with Gasteiger partial charge in [0.05, 0.1) is 18.9 Å². The maximum absolute atomic E-state index is 12.2. The van der Waals surface area contributed by atoms with Gasteiger partial charge in [0.25, 0.3) is 5.91 Å². The molecule has 0 aliphatic carbocycles. The second kappa shape index (κ2) is 6.65. The third kappa shape index (κ3) is 3.53. The smallest absolute Gasteiger partial charge is 0.274 e. The Morgan fingerprint density at radius 1 is 1.35 bits per heavy atom. The molecule has 0 radical (unpaired) electrons. The topological polar surface area (TPSA) is 86.8 Å². The number of imidazole rings is 1. The van der Waals surface area contributed by atoms with E-state index in [1.54, 1.807) is 30.5 Å². The van der Waals surface area contributed by atoms with Gasteiger partial charge < -0.3 is 15.2 Å². The van der Waals surface area contributed by atoms with Gasteiger partial charge in [-0.15, -0.1) is 0 Å². The number of rotatable bonds is 6. The van der Waals surface area contributed by atoms with Crippen LogP contribution in [0.5, 0.6) is 0 Å². The summed E-state index contributed by atoms with van der Waals surface area (Å²) in [6, 6.07) is 0. The van der Waals surface area contributed by atoms with Crippen LogP contribution in [0.25, 0.3) is 0 Å². The van der Waals surface area contributed by atoms with Gasteiger partial charge >= 0.3 is 0 Å². The van der Waals surface area contributed by atoms with E-state index in [1.807, 2.05) is 0 Å². The highest BCUT2D eigenvalue weighted by Crippen LogP contribution is 2.05. The van der Waals surface area contributed by atoms with Gasteiger partial charge in [-0.25, -0.2) is 15.0 Å². The number of aromatic nitrogens is 4. The van der Waals surface area contributed by atoms with Crippen molar-refractivity contribution in [3.63, 3.8) is 0 Å². The molecular formula is C13H18N6O. The number of nitrogens with zero attached hydrogens (tertiary/aromatic N) is 4. The van der Waals surface area contributed by atoms with Gasteiger partial charge in [-0.1, -0.05) is 6.92 Å². The molecule has 0 fully saturated rings. The first-order chi connectivity index (χ1) is 9.70. The normalized spacial score (nSPS) is 10.3. The van der Waals surface area contributed by atoms with Gasteiger partial charge in [-0.3, -0.25) is 4.79 Å². The maximum Gasteiger partial charge on any atom is 0.274 e. The Kier molecular flexibility index (Phi) is 4.65. The van der Waals surface area contributed by atoms with Crippen LogP contribution in [0.3, 0.4) is 0 Å². The van der Waals surface area contributed by atoms with Crippen molar-refractivity contribution in [2.45, 2.75) is 19.9 Å². The Morgan fingerprint density at radius 3 is 2.80 bits per heavy atom. The fraction of sp³-hybridized carbons (Fsp3) is 0.385. The van der Waals surface area contributed by atoms with E-state index in [9.17, 15) is 4.79 Å². The largest absolute Gasteiger partial charge is 0.369 e. The van der Waals surface area contributed by atoms with E-state index in [-0.39, 0.29) is 5.91 Å². The number of H-pyrrole nitrogens is 1. The lowest BCUT2D eigenvalue weighted by Gasteiger charge is -2.15. The molecule has 1 amide bonds. The number of anilines is 1. The minimum atomic E-state index is -0.184. The van der Waals surface area contributed by atoms with Crippen molar-refractivity contribution in [1.29, 1.82) is 0 Å². The predicted octanol–water partition coefficient (Wildman–Crippen LogP) is 1.29. The molecule has 2 aromatic heterocycles. The number of hydrogen-bond acceptors (Lipinski definition) is 5. The zero-order valence-electron chi connectivity index (χ0n) is 11.6. The van der Waals surface area contributed by atoms with E-state index in [0.717, 1.165) is 18.8 Å². The van der Waals surface area contributed by atoms with Crippen molar-refractivity contribution < 1.29 is 4.79 Å². The average molecular weight is 274 g/mol. The molecule has 20 heavy (non-hydrogen) atoms. The van der Waals surface area contributed by atoms with E-state index in [0.29, 0.717) is 18.1 Å². The molecule has 2 rings (SSSR count). The van der Waals surface area contributed by atoms with Crippen LogP contribution in [0.2, 0.25) is 0 Å². The zero-order valence-corrected chi connectivity index (χ0v) is 11.6. The molecule has 2 heterocycles. The van der Waals surface area contributed by atoms with Crippen molar-refractivity contribution in [1.82, 2.24) is 24.8 Å². The SMILES string of the molecule is CCCNc1cnc(C(=O)N(C)Cc2ncc[nH]2)cn1. The molecule has 7 nitrogen and oxygen atoms in total. The predicted molar refractivity (Wildman–Crippen MR) is 75.2 cm³/mol. The fourth-order valence-corrected chi connectivity index (χ4v) is 1.66. The molecule has 0 atom stereocenters. The van der Waals surface area contributed by atoms with E-state index < -0.39 is 0 Å². The van der Waals surface area contributed by atoms with E-state index >= 15 is 0 Å². The molecule has 7 heteroatoms. The Hall–Kier alpha value is -2.44. The number of carbonyl (C=O) groups is 1. The van der Waals surface area contributed by atoms with Crippen LogP contribution < -0.4 is 5.32 Å². The van der Waals surface area contributed by atoms with Gasteiger partial charge in [0.1, 0.15) is 17.3 Å². The van der Waals surface area contributed by atoms with Crippen LogP contribution in [-0.2, 0) is 6.54 Å². The third-order valence-corrected chi connectivity index (χ3v) is 2.72. The Bertz CT molecular complexity index is 536. The molecule has 0 saturated heterocycles. The standard InChI is InChI=1S/C13H18N6O/c1-3-4-14-11-8-17-10(7-18-11)13(20)19(2)9-12-15-5-6-16-12/h5-8H,3-4,9H2,1-2H3,(H,14,18)(H,15,16). The zero-order chi connectivity index (χ0) is 14.4. The number of nitrogens with one attached hydrogen (secondary N) is 2. The third-order valence-electron chi connectivity index (χ3n) is 2.72. The van der Waals surface area contributed by atoms with Crippen LogP contribution in [-0.4, -0.2) is 44.3 Å². The highest BCUT2D eigenvalue weighted by Gasteiger charge is 2.14. The summed E-state index contributed by atoms with van der Waals surface area (Å²) in [5.41, 5.74) is 0.320. The van der Waals surface area contributed by atoms with Gasteiger partial charge in [0.2, 0.25) is 0 Å². The Balaban J connectivity index is 1.97. The van der Waals surface area contributed by atoms with Crippen LogP contribution in [0, 0.1) is 0 Å². The highest BCUT2D eigenvalue weighted by molar-refractivity contribution is 5.91. The van der Waals surface area contributed by atoms with E-state index in [2.05, 4.69) is 32.2 Å². The summed E-state index contributed by atoms with van der Waals surface area (Å²) in [5, 5.41) is 3.11. The van der Waals surface area contributed by atoms with Gasteiger partial charge in [0.15, 0.2) is 0 Å². The minimum absolute atomic E-state index is 0.184. The summed E-state index contributed by atoms with van der Waals surface area (Å²) in [5.74, 6) is 1.23. The van der Waals surface area contributed by atoms with Crippen LogP contribution in [0.4, 0.5) is 5.82 Å². The summed E-state index contributed by atoms with van der Waals surface area (Å²) in [6.07, 6.45) is 7.44. The van der Waals surface area contributed by atoms with Crippen LogP contribution >= 0.6 is 0 Å². The fourth-order valence-electron chi connectivity index (χ4n) is 1.66. The summed E-state index contributed by atoms with van der Waals surface area (Å²) >= 11 is 0. The highest BCUT2D eigenvalue weighted by atomic mass is 16.2. The summed E-state index contributed by atoms with van der Waals surface area (Å²) in [4.78, 5) is 29.0. The monoisotopic (exact) mass is 274 g/mol. The number of aromatic amines is 1. The molecule has 0 bridgehead atoms. The molecule has 0 spiro atoms. The van der Waals surface area contributed by atoms with E-state index in [1.165, 1.54) is 6.20 Å². The lowest BCUT2D eigenvalue weighted by Crippen LogP contribution is -2.27. The summed E-state index contributed by atoms with van der Waals surface area (Å²) in [7, 11) is 1.70. The average Bonchev–Trinajstić information content (AvgIpc) is 2.97. The second-order valence-corrected chi connectivity index (χ2v) is 4.41. The van der Waals surface area contributed by atoms with E-state index in [4.69, 9.17) is 0 Å². The molecule has 2 aromatic rings. The maximum atomic E-state index is 12.2. The summed E-state index contributed by atoms with van der Waals surface area (Å²) in [6.45, 7) is 3.31. The van der Waals surface area contributed by atoms with Crippen molar-refractivity contribution >= 4 is 11.7 Å². The number of carbonyl (C=O) groups excluding carboxylic acids is 1. The van der Waals surface area contributed by atoms with Crippen molar-refractivity contribution in [2.24, 2.45) is 0 Å². The van der Waals surface area contributed by atoms with Gasteiger partial charge in [-0.05, 0) is 6.42 Å².